The number of amides is 1. The van der Waals surface area contributed by atoms with Gasteiger partial charge in [0, 0.05) is 5.71 Å². The van der Waals surface area contributed by atoms with E-state index in [1.165, 1.54) is 0 Å². The Balaban J connectivity index is 2.31. The molecule has 0 saturated carbocycles. The molecule has 0 spiro atoms. The highest BCUT2D eigenvalue weighted by Crippen LogP contribution is 2.01. The highest BCUT2D eigenvalue weighted by atomic mass is 16.5. The van der Waals surface area contributed by atoms with E-state index < -0.39 is 6.09 Å². The van der Waals surface area contributed by atoms with Gasteiger partial charge in [0.15, 0.2) is 0 Å². The molecule has 4 nitrogen and oxygen atoms in total. The number of alkyl carbamates (subject to hydrolysis) is 1. The van der Waals surface area contributed by atoms with Gasteiger partial charge < -0.3 is 15.5 Å². The van der Waals surface area contributed by atoms with Crippen molar-refractivity contribution in [3.05, 3.63) is 35.9 Å². The Bertz CT molecular complexity index is 390. The van der Waals surface area contributed by atoms with Gasteiger partial charge in [0.1, 0.15) is 6.61 Å². The Kier molecular flexibility index (Phi) is 5.91. The van der Waals surface area contributed by atoms with Gasteiger partial charge in [0.05, 0.1) is 6.04 Å². The molecule has 1 unspecified atom stereocenters. The minimum absolute atomic E-state index is 0.251. The zero-order chi connectivity index (χ0) is 13.4. The monoisotopic (exact) mass is 248 g/mol. The van der Waals surface area contributed by atoms with E-state index in [0.29, 0.717) is 12.1 Å². The third-order valence-electron chi connectivity index (χ3n) is 2.59. The summed E-state index contributed by atoms with van der Waals surface area (Å²) in [4.78, 5) is 11.5. The van der Waals surface area contributed by atoms with Crippen LogP contribution in [0.1, 0.15) is 32.3 Å². The van der Waals surface area contributed by atoms with Gasteiger partial charge in [-0.15, -0.1) is 0 Å². The van der Waals surface area contributed by atoms with E-state index >= 15 is 0 Å². The zero-order valence-corrected chi connectivity index (χ0v) is 10.9. The molecule has 0 aliphatic carbocycles. The van der Waals surface area contributed by atoms with E-state index in [9.17, 15) is 4.79 Å². The number of hydrogen-bond donors (Lipinski definition) is 2. The Morgan fingerprint density at radius 2 is 2.06 bits per heavy atom. The topological polar surface area (TPSA) is 62.2 Å². The van der Waals surface area contributed by atoms with Crippen LogP contribution in [0.15, 0.2) is 30.3 Å². The first-order valence-electron chi connectivity index (χ1n) is 6.18. The lowest BCUT2D eigenvalue weighted by molar-refractivity contribution is 0.138. The van der Waals surface area contributed by atoms with E-state index in [2.05, 4.69) is 5.32 Å². The fourth-order valence-corrected chi connectivity index (χ4v) is 1.51. The second-order valence-electron chi connectivity index (χ2n) is 4.20. The number of benzene rings is 1. The summed E-state index contributed by atoms with van der Waals surface area (Å²) in [5, 5.41) is 10.4. The molecule has 0 aliphatic rings. The Labute approximate surface area is 108 Å². The predicted octanol–water partition coefficient (Wildman–Crippen LogP) is 3.12. The van der Waals surface area contributed by atoms with Crippen LogP contribution in [0.3, 0.4) is 0 Å². The third kappa shape index (κ3) is 4.99. The maximum Gasteiger partial charge on any atom is 0.407 e. The summed E-state index contributed by atoms with van der Waals surface area (Å²) in [6, 6.07) is 9.24. The SMILES string of the molecule is CCCC(=N)C(C)NC(=O)OCc1ccccc1. The summed E-state index contributed by atoms with van der Waals surface area (Å²) in [6.07, 6.45) is 1.12. The van der Waals surface area contributed by atoms with Gasteiger partial charge in [-0.1, -0.05) is 43.7 Å². The first-order valence-corrected chi connectivity index (χ1v) is 6.18. The van der Waals surface area contributed by atoms with E-state index in [0.717, 1.165) is 12.0 Å². The first-order chi connectivity index (χ1) is 8.63. The van der Waals surface area contributed by atoms with E-state index in [4.69, 9.17) is 10.1 Å². The minimum atomic E-state index is -0.479. The van der Waals surface area contributed by atoms with Gasteiger partial charge in [0.25, 0.3) is 0 Å². The summed E-state index contributed by atoms with van der Waals surface area (Å²) in [7, 11) is 0. The van der Waals surface area contributed by atoms with Gasteiger partial charge in [0.2, 0.25) is 0 Å². The molecule has 0 heterocycles. The molecular weight excluding hydrogens is 228 g/mol. The molecule has 1 atom stereocenters. The average Bonchev–Trinajstić information content (AvgIpc) is 2.38. The van der Waals surface area contributed by atoms with Crippen LogP contribution in [-0.4, -0.2) is 17.8 Å². The standard InChI is InChI=1S/C14H20N2O2/c1-3-7-13(15)11(2)16-14(17)18-10-12-8-5-4-6-9-12/h4-6,8-9,11,15H,3,7,10H2,1-2H3,(H,16,17). The van der Waals surface area contributed by atoms with E-state index in [-0.39, 0.29) is 12.6 Å². The maximum atomic E-state index is 11.5. The number of rotatable bonds is 6. The molecule has 4 heteroatoms. The number of nitrogens with one attached hydrogen (secondary N) is 2. The maximum absolute atomic E-state index is 11.5. The highest BCUT2D eigenvalue weighted by molar-refractivity contribution is 5.89. The van der Waals surface area contributed by atoms with Crippen LogP contribution in [0.5, 0.6) is 0 Å². The molecular formula is C14H20N2O2. The van der Waals surface area contributed by atoms with E-state index in [1.807, 2.05) is 37.3 Å². The third-order valence-corrected chi connectivity index (χ3v) is 2.59. The molecule has 1 aromatic carbocycles. The predicted molar refractivity (Wildman–Crippen MR) is 71.9 cm³/mol. The molecule has 0 fully saturated rings. The Morgan fingerprint density at radius 1 is 1.39 bits per heavy atom. The van der Waals surface area contributed by atoms with Crippen molar-refractivity contribution in [3.8, 4) is 0 Å². The molecule has 0 aromatic heterocycles. The highest BCUT2D eigenvalue weighted by Gasteiger charge is 2.12. The molecule has 1 rings (SSSR count). The quantitative estimate of drug-likeness (QED) is 0.760. The smallest absolute Gasteiger partial charge is 0.407 e. The fraction of sp³-hybridized carbons (Fsp3) is 0.429. The van der Waals surface area contributed by atoms with Crippen LogP contribution in [-0.2, 0) is 11.3 Å². The number of ether oxygens (including phenoxy) is 1. The second-order valence-corrected chi connectivity index (χ2v) is 4.20. The largest absolute Gasteiger partial charge is 0.445 e. The Morgan fingerprint density at radius 3 is 2.67 bits per heavy atom. The van der Waals surface area contributed by atoms with Gasteiger partial charge >= 0.3 is 6.09 Å². The number of hydrogen-bond acceptors (Lipinski definition) is 3. The summed E-state index contributed by atoms with van der Waals surface area (Å²) in [6.45, 7) is 4.05. The van der Waals surface area contributed by atoms with Crippen LogP contribution in [0.25, 0.3) is 0 Å². The summed E-state index contributed by atoms with van der Waals surface area (Å²) < 4.78 is 5.08. The normalized spacial score (nSPS) is 11.7. The minimum Gasteiger partial charge on any atom is -0.445 e. The molecule has 0 saturated heterocycles. The van der Waals surface area contributed by atoms with Gasteiger partial charge in [-0.2, -0.15) is 0 Å². The van der Waals surface area contributed by atoms with Crippen molar-refractivity contribution in [3.63, 3.8) is 0 Å². The first kappa shape index (κ1) is 14.2. The lowest BCUT2D eigenvalue weighted by atomic mass is 10.1. The summed E-state index contributed by atoms with van der Waals surface area (Å²) in [5.74, 6) is 0. The van der Waals surface area contributed by atoms with Crippen molar-refractivity contribution < 1.29 is 9.53 Å². The van der Waals surface area contributed by atoms with Crippen molar-refractivity contribution in [1.29, 1.82) is 5.41 Å². The van der Waals surface area contributed by atoms with Crippen molar-refractivity contribution in [2.75, 3.05) is 0 Å². The van der Waals surface area contributed by atoms with Gasteiger partial charge in [-0.3, -0.25) is 0 Å². The molecule has 98 valence electrons. The lowest BCUT2D eigenvalue weighted by Gasteiger charge is -2.14. The van der Waals surface area contributed by atoms with Crippen molar-refractivity contribution in [2.24, 2.45) is 0 Å². The van der Waals surface area contributed by atoms with Gasteiger partial charge in [-0.25, -0.2) is 4.79 Å². The molecule has 18 heavy (non-hydrogen) atoms. The van der Waals surface area contributed by atoms with Crippen LogP contribution >= 0.6 is 0 Å². The Hall–Kier alpha value is -1.84. The number of carbonyl (C=O) groups is 1. The van der Waals surface area contributed by atoms with E-state index in [1.54, 1.807) is 6.92 Å². The fourth-order valence-electron chi connectivity index (χ4n) is 1.51. The summed E-state index contributed by atoms with van der Waals surface area (Å²) in [5.41, 5.74) is 1.47. The molecule has 1 aromatic rings. The zero-order valence-electron chi connectivity index (χ0n) is 10.9. The average molecular weight is 248 g/mol. The van der Waals surface area contributed by atoms with Crippen molar-refractivity contribution >= 4 is 11.8 Å². The summed E-state index contributed by atoms with van der Waals surface area (Å²) >= 11 is 0. The molecule has 0 bridgehead atoms. The molecule has 1 amide bonds. The van der Waals surface area contributed by atoms with Crippen molar-refractivity contribution in [2.45, 2.75) is 39.3 Å². The van der Waals surface area contributed by atoms with Crippen LogP contribution in [0.2, 0.25) is 0 Å². The molecule has 0 radical (unpaired) electrons. The van der Waals surface area contributed by atoms with Crippen LogP contribution in [0, 0.1) is 5.41 Å². The second kappa shape index (κ2) is 7.48. The number of carbonyl (C=O) groups excluding carboxylic acids is 1. The van der Waals surface area contributed by atoms with Crippen LogP contribution < -0.4 is 5.32 Å². The lowest BCUT2D eigenvalue weighted by Crippen LogP contribution is -2.38. The van der Waals surface area contributed by atoms with Crippen LogP contribution in [0.4, 0.5) is 4.79 Å². The molecule has 2 N–H and O–H groups in total. The molecule has 0 aliphatic heterocycles. The van der Waals surface area contributed by atoms with Gasteiger partial charge in [-0.05, 0) is 18.9 Å². The van der Waals surface area contributed by atoms with Crippen molar-refractivity contribution in [1.82, 2.24) is 5.32 Å².